The lowest BCUT2D eigenvalue weighted by Gasteiger charge is -2.30. The normalized spacial score (nSPS) is 14.8. The van der Waals surface area contributed by atoms with Crippen LogP contribution in [0.15, 0.2) is 60.7 Å². The van der Waals surface area contributed by atoms with E-state index in [1.165, 1.54) is 0 Å². The van der Waals surface area contributed by atoms with Crippen molar-refractivity contribution in [3.05, 3.63) is 83.2 Å². The summed E-state index contributed by atoms with van der Waals surface area (Å²) in [6.07, 6.45) is 2.11. The molecule has 1 aliphatic heterocycles. The topological polar surface area (TPSA) is 64.4 Å². The van der Waals surface area contributed by atoms with Crippen molar-refractivity contribution in [3.8, 4) is 5.69 Å². The van der Waals surface area contributed by atoms with Crippen LogP contribution in [0.2, 0.25) is 0 Å². The van der Waals surface area contributed by atoms with Crippen LogP contribution < -0.4 is 0 Å². The number of hydrogen-bond donors (Lipinski definition) is 0. The van der Waals surface area contributed by atoms with E-state index in [0.717, 1.165) is 24.9 Å². The van der Waals surface area contributed by atoms with Crippen molar-refractivity contribution in [2.75, 3.05) is 13.1 Å². The van der Waals surface area contributed by atoms with Gasteiger partial charge in [0.25, 0.3) is 5.91 Å². The van der Waals surface area contributed by atoms with E-state index >= 15 is 0 Å². The molecule has 1 amide bonds. The van der Waals surface area contributed by atoms with Crippen molar-refractivity contribution < 1.29 is 14.3 Å². The Morgan fingerprint density at radius 1 is 0.903 bits per heavy atom. The van der Waals surface area contributed by atoms with Gasteiger partial charge in [-0.05, 0) is 45.2 Å². The summed E-state index contributed by atoms with van der Waals surface area (Å²) in [5.41, 5.74) is 3.20. The number of likely N-dealkylation sites (tertiary alicyclic amines) is 1. The highest BCUT2D eigenvalue weighted by Crippen LogP contribution is 2.26. The van der Waals surface area contributed by atoms with Gasteiger partial charge in [-0.2, -0.15) is 5.10 Å². The van der Waals surface area contributed by atoms with Crippen molar-refractivity contribution >= 4 is 11.9 Å². The van der Waals surface area contributed by atoms with Crippen LogP contribution in [-0.2, 0) is 9.53 Å². The van der Waals surface area contributed by atoms with Crippen LogP contribution in [0, 0.1) is 13.8 Å². The van der Waals surface area contributed by atoms with Gasteiger partial charge in [0.1, 0.15) is 5.56 Å². The molecule has 6 nitrogen and oxygen atoms in total. The second-order valence-corrected chi connectivity index (χ2v) is 7.88. The first-order valence-electron chi connectivity index (χ1n) is 10.7. The van der Waals surface area contributed by atoms with Gasteiger partial charge in [-0.1, -0.05) is 48.5 Å². The molecular formula is C25H27N3O3. The minimum atomic E-state index is -0.967. The van der Waals surface area contributed by atoms with Crippen LogP contribution in [0.25, 0.3) is 5.69 Å². The predicted molar refractivity (Wildman–Crippen MR) is 118 cm³/mol. The standard InChI is InChI=1S/C25H27N3O3/c1-18-22(19(2)28(26-18)21-14-8-4-9-15-21)25(30)31-23(20-12-6-3-7-13-20)24(29)27-16-10-5-11-17-27/h3-4,6-9,12-15,23H,5,10-11,16-17H2,1-2H3/t23-/m1/s1. The molecule has 1 aliphatic rings. The Morgan fingerprint density at radius 2 is 1.52 bits per heavy atom. The lowest BCUT2D eigenvalue weighted by Crippen LogP contribution is -2.40. The Balaban J connectivity index is 1.64. The molecule has 0 N–H and O–H groups in total. The lowest BCUT2D eigenvalue weighted by molar-refractivity contribution is -0.142. The molecule has 1 saturated heterocycles. The summed E-state index contributed by atoms with van der Waals surface area (Å²) >= 11 is 0. The maximum atomic E-state index is 13.3. The zero-order valence-corrected chi connectivity index (χ0v) is 18.0. The molecule has 0 spiro atoms. The van der Waals surface area contributed by atoms with E-state index in [2.05, 4.69) is 5.10 Å². The molecule has 2 aromatic carbocycles. The van der Waals surface area contributed by atoms with Crippen LogP contribution in [0.5, 0.6) is 0 Å². The summed E-state index contributed by atoms with van der Waals surface area (Å²) in [5, 5.41) is 4.54. The molecule has 31 heavy (non-hydrogen) atoms. The minimum Gasteiger partial charge on any atom is -0.444 e. The summed E-state index contributed by atoms with van der Waals surface area (Å²) in [5.74, 6) is -0.693. The third kappa shape index (κ3) is 4.38. The highest BCUT2D eigenvalue weighted by molar-refractivity contribution is 5.94. The fraction of sp³-hybridized carbons (Fsp3) is 0.320. The molecule has 1 fully saturated rings. The second kappa shape index (κ2) is 9.16. The number of aryl methyl sites for hydroxylation is 1. The van der Waals surface area contributed by atoms with E-state index in [1.54, 1.807) is 11.6 Å². The zero-order chi connectivity index (χ0) is 21.8. The first kappa shape index (κ1) is 20.8. The Kier molecular flexibility index (Phi) is 6.16. The van der Waals surface area contributed by atoms with E-state index in [4.69, 9.17) is 4.74 Å². The van der Waals surface area contributed by atoms with Crippen LogP contribution in [0.4, 0.5) is 0 Å². The van der Waals surface area contributed by atoms with E-state index in [0.29, 0.717) is 35.6 Å². The maximum absolute atomic E-state index is 13.3. The van der Waals surface area contributed by atoms with Gasteiger partial charge in [-0.15, -0.1) is 0 Å². The van der Waals surface area contributed by atoms with E-state index in [-0.39, 0.29) is 5.91 Å². The largest absolute Gasteiger partial charge is 0.444 e. The van der Waals surface area contributed by atoms with Gasteiger partial charge in [0.2, 0.25) is 6.10 Å². The molecule has 1 atom stereocenters. The number of piperidine rings is 1. The number of esters is 1. The average Bonchev–Trinajstić information content (AvgIpc) is 3.12. The maximum Gasteiger partial charge on any atom is 0.343 e. The van der Waals surface area contributed by atoms with Gasteiger partial charge in [-0.3, -0.25) is 4.79 Å². The fourth-order valence-corrected chi connectivity index (χ4v) is 4.09. The van der Waals surface area contributed by atoms with Gasteiger partial charge in [-0.25, -0.2) is 9.48 Å². The monoisotopic (exact) mass is 417 g/mol. The summed E-state index contributed by atoms with van der Waals surface area (Å²) in [6, 6.07) is 18.9. The Morgan fingerprint density at radius 3 is 2.16 bits per heavy atom. The van der Waals surface area contributed by atoms with E-state index in [9.17, 15) is 9.59 Å². The van der Waals surface area contributed by atoms with Crippen molar-refractivity contribution in [1.82, 2.24) is 14.7 Å². The van der Waals surface area contributed by atoms with Crippen LogP contribution >= 0.6 is 0 Å². The number of carbonyl (C=O) groups excluding carboxylic acids is 2. The first-order valence-corrected chi connectivity index (χ1v) is 10.7. The van der Waals surface area contributed by atoms with Crippen molar-refractivity contribution in [2.45, 2.75) is 39.2 Å². The minimum absolute atomic E-state index is 0.162. The van der Waals surface area contributed by atoms with Crippen LogP contribution in [-0.4, -0.2) is 39.6 Å². The quantitative estimate of drug-likeness (QED) is 0.577. The van der Waals surface area contributed by atoms with Crippen molar-refractivity contribution in [3.63, 3.8) is 0 Å². The van der Waals surface area contributed by atoms with Gasteiger partial charge < -0.3 is 9.64 Å². The lowest BCUT2D eigenvalue weighted by atomic mass is 10.1. The molecule has 0 saturated carbocycles. The summed E-state index contributed by atoms with van der Waals surface area (Å²) in [4.78, 5) is 28.4. The molecule has 0 bridgehead atoms. The van der Waals surface area contributed by atoms with Crippen molar-refractivity contribution in [2.24, 2.45) is 0 Å². The first-order chi connectivity index (χ1) is 15.1. The van der Waals surface area contributed by atoms with E-state index < -0.39 is 12.1 Å². The van der Waals surface area contributed by atoms with E-state index in [1.807, 2.05) is 72.5 Å². The predicted octanol–water partition coefficient (Wildman–Crippen LogP) is 4.40. The molecule has 6 heteroatoms. The molecule has 0 radical (unpaired) electrons. The fourth-order valence-electron chi connectivity index (χ4n) is 4.09. The summed E-state index contributed by atoms with van der Waals surface area (Å²) < 4.78 is 7.60. The number of para-hydroxylation sites is 1. The molecule has 1 aromatic heterocycles. The third-order valence-corrected chi connectivity index (χ3v) is 5.72. The third-order valence-electron chi connectivity index (χ3n) is 5.72. The zero-order valence-electron chi connectivity index (χ0n) is 18.0. The highest BCUT2D eigenvalue weighted by atomic mass is 16.5. The molecule has 0 aliphatic carbocycles. The molecular weight excluding hydrogens is 390 g/mol. The van der Waals surface area contributed by atoms with Gasteiger partial charge in [0.15, 0.2) is 0 Å². The highest BCUT2D eigenvalue weighted by Gasteiger charge is 2.32. The second-order valence-electron chi connectivity index (χ2n) is 7.88. The molecule has 160 valence electrons. The smallest absolute Gasteiger partial charge is 0.343 e. The average molecular weight is 418 g/mol. The van der Waals surface area contributed by atoms with Crippen LogP contribution in [0.1, 0.15) is 52.7 Å². The van der Waals surface area contributed by atoms with Crippen LogP contribution in [0.3, 0.4) is 0 Å². The number of nitrogens with zero attached hydrogens (tertiary/aromatic N) is 3. The Labute approximate surface area is 182 Å². The summed E-state index contributed by atoms with van der Waals surface area (Å²) in [7, 11) is 0. The Hall–Kier alpha value is -3.41. The number of aromatic nitrogens is 2. The number of amides is 1. The van der Waals surface area contributed by atoms with Gasteiger partial charge in [0, 0.05) is 18.7 Å². The summed E-state index contributed by atoms with van der Waals surface area (Å²) in [6.45, 7) is 5.02. The number of hydrogen-bond acceptors (Lipinski definition) is 4. The molecule has 0 unspecified atom stereocenters. The van der Waals surface area contributed by atoms with Gasteiger partial charge >= 0.3 is 5.97 Å². The van der Waals surface area contributed by atoms with Crippen molar-refractivity contribution in [1.29, 1.82) is 0 Å². The number of benzene rings is 2. The Bertz CT molecular complexity index is 1050. The number of rotatable bonds is 5. The number of carbonyl (C=O) groups is 2. The number of ether oxygens (including phenoxy) is 1. The molecule has 3 aromatic rings. The van der Waals surface area contributed by atoms with Gasteiger partial charge in [0.05, 0.1) is 17.1 Å². The molecule has 4 rings (SSSR count). The SMILES string of the molecule is Cc1nn(-c2ccccc2)c(C)c1C(=O)O[C@@H](C(=O)N1CCCCC1)c1ccccc1. The molecule has 2 heterocycles.